The number of anilines is 1. The maximum atomic E-state index is 14.7. The number of aryl methyl sites for hydroxylation is 1. The third-order valence-corrected chi connectivity index (χ3v) is 8.68. The average molecular weight is 658 g/mol. The summed E-state index contributed by atoms with van der Waals surface area (Å²) < 4.78 is 44.0. The Kier molecular flexibility index (Phi) is 11.1. The molecule has 7 nitrogen and oxygen atoms in total. The van der Waals surface area contributed by atoms with E-state index in [0.29, 0.717) is 18.5 Å². The number of aliphatic carboxylic acids is 1. The molecule has 1 aliphatic heterocycles. The van der Waals surface area contributed by atoms with Gasteiger partial charge in [-0.05, 0) is 55.8 Å². The summed E-state index contributed by atoms with van der Waals surface area (Å²) in [6.07, 6.45) is -4.67. The Bertz CT molecular complexity index is 1700. The van der Waals surface area contributed by atoms with E-state index in [1.807, 2.05) is 30.3 Å². The van der Waals surface area contributed by atoms with E-state index in [4.69, 9.17) is 0 Å². The first kappa shape index (κ1) is 34.5. The Labute approximate surface area is 277 Å². The molecule has 0 saturated carbocycles. The van der Waals surface area contributed by atoms with Gasteiger partial charge in [-0.2, -0.15) is 13.2 Å². The number of aliphatic hydroxyl groups is 1. The number of nitrogens with one attached hydrogen (secondary N) is 1. The normalized spacial score (nSPS) is 17.4. The number of likely N-dealkylation sites (tertiary alicyclic amines) is 1. The zero-order valence-electron chi connectivity index (χ0n) is 26.3. The summed E-state index contributed by atoms with van der Waals surface area (Å²) in [5.41, 5.74) is -1.13. The highest BCUT2D eigenvalue weighted by Crippen LogP contribution is 2.39. The van der Waals surface area contributed by atoms with Crippen LogP contribution in [0.1, 0.15) is 47.9 Å². The van der Waals surface area contributed by atoms with Crippen LogP contribution >= 0.6 is 0 Å². The smallest absolute Gasteiger partial charge is 0.419 e. The second-order valence-corrected chi connectivity index (χ2v) is 12.0. The highest BCUT2D eigenvalue weighted by atomic mass is 19.4. The Balaban J connectivity index is 1.49. The number of rotatable bonds is 13. The third-order valence-electron chi connectivity index (χ3n) is 8.68. The lowest BCUT2D eigenvalue weighted by molar-refractivity contribution is -0.269. The van der Waals surface area contributed by atoms with Crippen molar-refractivity contribution in [3.05, 3.63) is 138 Å². The quantitative estimate of drug-likeness (QED) is 0.136. The molecule has 250 valence electrons. The number of nitrogens with zero attached hydrogens (tertiary/aromatic N) is 2. The number of carbonyl (C=O) groups excluding carboxylic acids is 1. The lowest BCUT2D eigenvalue weighted by atomic mass is 9.86. The van der Waals surface area contributed by atoms with Crippen LogP contribution < -0.4 is 5.32 Å². The fourth-order valence-corrected chi connectivity index (χ4v) is 6.18. The molecule has 0 spiro atoms. The van der Waals surface area contributed by atoms with Crippen molar-refractivity contribution < 1.29 is 33.0 Å². The van der Waals surface area contributed by atoms with Gasteiger partial charge in [-0.25, -0.2) is 4.79 Å². The van der Waals surface area contributed by atoms with Gasteiger partial charge in [0.2, 0.25) is 5.91 Å². The number of carbonyl (C=O) groups is 2. The Morgan fingerprint density at radius 3 is 2.06 bits per heavy atom. The van der Waals surface area contributed by atoms with Gasteiger partial charge < -0.3 is 15.5 Å². The largest absolute Gasteiger partial charge is 0.480 e. The molecule has 0 aliphatic carbocycles. The predicted molar refractivity (Wildman–Crippen MR) is 179 cm³/mol. The molecule has 0 aromatic heterocycles. The van der Waals surface area contributed by atoms with Crippen molar-refractivity contribution in [1.82, 2.24) is 4.90 Å². The van der Waals surface area contributed by atoms with Gasteiger partial charge >= 0.3 is 12.1 Å². The van der Waals surface area contributed by atoms with Gasteiger partial charge in [-0.1, -0.05) is 109 Å². The van der Waals surface area contributed by atoms with E-state index in [-0.39, 0.29) is 35.7 Å². The minimum atomic E-state index is -5.31. The van der Waals surface area contributed by atoms with E-state index < -0.39 is 36.3 Å². The van der Waals surface area contributed by atoms with Crippen LogP contribution in [0.4, 0.5) is 18.9 Å². The molecule has 0 radical (unpaired) electrons. The van der Waals surface area contributed by atoms with E-state index in [0.717, 1.165) is 24.1 Å². The van der Waals surface area contributed by atoms with Gasteiger partial charge in [0, 0.05) is 17.7 Å². The molecule has 4 aromatic rings. The van der Waals surface area contributed by atoms with Gasteiger partial charge in [-0.15, -0.1) is 0 Å². The molecular formula is C38H38F3N3O4. The first-order valence-electron chi connectivity index (χ1n) is 15.9. The summed E-state index contributed by atoms with van der Waals surface area (Å²) in [6, 6.07) is 30.2. The van der Waals surface area contributed by atoms with E-state index in [1.165, 1.54) is 0 Å². The molecule has 48 heavy (non-hydrogen) atoms. The number of aliphatic imine (C=N–C) groups is 1. The molecular weight excluding hydrogens is 619 g/mol. The van der Waals surface area contributed by atoms with Crippen LogP contribution in [0.15, 0.2) is 120 Å². The van der Waals surface area contributed by atoms with Crippen molar-refractivity contribution in [2.75, 3.05) is 11.9 Å². The molecule has 4 aromatic carbocycles. The van der Waals surface area contributed by atoms with Crippen molar-refractivity contribution in [3.63, 3.8) is 0 Å². The fourth-order valence-electron chi connectivity index (χ4n) is 6.18. The zero-order chi connectivity index (χ0) is 34.1. The highest BCUT2D eigenvalue weighted by molar-refractivity contribution is 6.17. The summed E-state index contributed by atoms with van der Waals surface area (Å²) in [5, 5.41) is 24.4. The molecule has 0 bridgehead atoms. The number of carboxylic acid groups (broad SMARTS) is 1. The second-order valence-electron chi connectivity index (χ2n) is 12.0. The maximum Gasteiger partial charge on any atom is 0.419 e. The topological polar surface area (TPSA) is 102 Å². The Morgan fingerprint density at radius 2 is 1.44 bits per heavy atom. The first-order chi connectivity index (χ1) is 23.1. The molecule has 3 atom stereocenters. The second kappa shape index (κ2) is 15.4. The van der Waals surface area contributed by atoms with Crippen molar-refractivity contribution in [1.29, 1.82) is 0 Å². The fraction of sp³-hybridized carbons (Fsp3) is 0.289. The van der Waals surface area contributed by atoms with Gasteiger partial charge in [0.25, 0.3) is 0 Å². The third kappa shape index (κ3) is 8.18. The average Bonchev–Trinajstić information content (AvgIpc) is 3.54. The van der Waals surface area contributed by atoms with Crippen LogP contribution in [-0.2, 0) is 22.6 Å². The molecule has 3 N–H and O–H groups in total. The highest BCUT2D eigenvalue weighted by Gasteiger charge is 2.61. The number of amides is 1. The first-order valence-corrected chi connectivity index (χ1v) is 15.9. The van der Waals surface area contributed by atoms with Crippen LogP contribution in [-0.4, -0.2) is 63.1 Å². The lowest BCUT2D eigenvalue weighted by Crippen LogP contribution is -2.57. The Morgan fingerprint density at radius 1 is 0.854 bits per heavy atom. The molecule has 1 amide bonds. The summed E-state index contributed by atoms with van der Waals surface area (Å²) in [7, 11) is 0. The minimum absolute atomic E-state index is 0.0998. The minimum Gasteiger partial charge on any atom is -0.480 e. The molecule has 1 fully saturated rings. The van der Waals surface area contributed by atoms with Crippen LogP contribution in [0, 0.1) is 0 Å². The SMILES string of the molecule is O=C(O)[C@@H](N=C(c1ccccc1)c1ccccc1NC(=O)[C@@H]1CCCN1Cc1ccccc1)[C@@](O)(CCCc1ccccc1)C(F)(F)F. The molecule has 1 saturated heterocycles. The summed E-state index contributed by atoms with van der Waals surface area (Å²) in [6.45, 7) is 1.31. The van der Waals surface area contributed by atoms with E-state index >= 15 is 0 Å². The number of benzene rings is 4. The standard InChI is InChI=1S/C38H38F3N3O4/c39-38(40,41)37(48,24-12-18-27-14-4-1-5-15-27)34(36(46)47)43-33(29-19-8-3-9-20-29)30-21-10-11-22-31(30)42-35(45)32-23-13-25-44(32)26-28-16-6-2-7-17-28/h1-11,14-17,19-22,32,34,48H,12-13,18,23-26H2,(H,42,45)(H,46,47)/t32-,34+,37-/m0/s1. The van der Waals surface area contributed by atoms with E-state index in [2.05, 4.69) is 15.2 Å². The van der Waals surface area contributed by atoms with Crippen molar-refractivity contribution >= 4 is 23.3 Å². The van der Waals surface area contributed by atoms with Crippen LogP contribution in [0.3, 0.4) is 0 Å². The van der Waals surface area contributed by atoms with E-state index in [1.54, 1.807) is 84.9 Å². The van der Waals surface area contributed by atoms with Gasteiger partial charge in [0.05, 0.1) is 17.4 Å². The maximum absolute atomic E-state index is 14.7. The summed E-state index contributed by atoms with van der Waals surface area (Å²) in [5.74, 6) is -2.21. The lowest BCUT2D eigenvalue weighted by Gasteiger charge is -2.34. The van der Waals surface area contributed by atoms with Crippen LogP contribution in [0.5, 0.6) is 0 Å². The van der Waals surface area contributed by atoms with Crippen molar-refractivity contribution in [2.45, 2.75) is 62.5 Å². The Hall–Kier alpha value is -4.80. The molecule has 1 heterocycles. The van der Waals surface area contributed by atoms with Gasteiger partial charge in [-0.3, -0.25) is 14.7 Å². The van der Waals surface area contributed by atoms with Gasteiger partial charge in [0.15, 0.2) is 11.6 Å². The van der Waals surface area contributed by atoms with Crippen LogP contribution in [0.25, 0.3) is 0 Å². The summed E-state index contributed by atoms with van der Waals surface area (Å²) >= 11 is 0. The summed E-state index contributed by atoms with van der Waals surface area (Å²) in [4.78, 5) is 32.6. The molecule has 1 aliphatic rings. The molecule has 0 unspecified atom stereocenters. The number of para-hydroxylation sites is 1. The number of hydrogen-bond acceptors (Lipinski definition) is 5. The number of alkyl halides is 3. The van der Waals surface area contributed by atoms with Crippen LogP contribution in [0.2, 0.25) is 0 Å². The number of hydrogen-bond donors (Lipinski definition) is 3. The molecule has 5 rings (SSSR count). The van der Waals surface area contributed by atoms with Gasteiger partial charge in [0.1, 0.15) is 0 Å². The zero-order valence-corrected chi connectivity index (χ0v) is 26.3. The number of halogens is 3. The number of carboxylic acids is 1. The van der Waals surface area contributed by atoms with Crippen molar-refractivity contribution in [2.24, 2.45) is 4.99 Å². The molecule has 10 heteroatoms. The monoisotopic (exact) mass is 657 g/mol. The van der Waals surface area contributed by atoms with Crippen molar-refractivity contribution in [3.8, 4) is 0 Å². The predicted octanol–water partition coefficient (Wildman–Crippen LogP) is 6.90. The van der Waals surface area contributed by atoms with E-state index in [9.17, 15) is 33.0 Å².